The summed E-state index contributed by atoms with van der Waals surface area (Å²) in [5, 5.41) is 22.8. The third kappa shape index (κ3) is 4.09. The van der Waals surface area contributed by atoms with Crippen LogP contribution >= 0.6 is 0 Å². The fraction of sp³-hybridized carbons (Fsp3) is 0.462. The number of rotatable bonds is 6. The van der Waals surface area contributed by atoms with Crippen LogP contribution in [0, 0.1) is 0 Å². The number of fused-ring (bicyclic) bond motifs is 2. The first kappa shape index (κ1) is 24.2. The van der Waals surface area contributed by atoms with Gasteiger partial charge in [-0.2, -0.15) is 0 Å². The van der Waals surface area contributed by atoms with Crippen molar-refractivity contribution < 1.29 is 19.0 Å². The topological polar surface area (TPSA) is 106 Å². The van der Waals surface area contributed by atoms with Crippen LogP contribution in [-0.4, -0.2) is 69.8 Å². The highest BCUT2D eigenvalue weighted by molar-refractivity contribution is 5.73. The largest absolute Gasteiger partial charge is 0.507 e. The van der Waals surface area contributed by atoms with Gasteiger partial charge in [-0.25, -0.2) is 14.4 Å². The fourth-order valence-corrected chi connectivity index (χ4v) is 5.55. The highest BCUT2D eigenvalue weighted by Gasteiger charge is 2.56. The highest BCUT2D eigenvalue weighted by Crippen LogP contribution is 2.45. The molecule has 0 radical (unpaired) electrons. The van der Waals surface area contributed by atoms with Crippen LogP contribution < -0.4 is 19.7 Å². The van der Waals surface area contributed by atoms with Gasteiger partial charge in [-0.15, -0.1) is 10.2 Å². The molecule has 2 N–H and O–H groups in total. The molecular formula is C26H31FN6O3. The summed E-state index contributed by atoms with van der Waals surface area (Å²) >= 11 is 0. The Kier molecular flexibility index (Phi) is 5.94. The number of anilines is 1. The van der Waals surface area contributed by atoms with Crippen molar-refractivity contribution in [1.82, 2.24) is 25.5 Å². The monoisotopic (exact) mass is 494 g/mol. The van der Waals surface area contributed by atoms with E-state index in [1.165, 1.54) is 7.11 Å². The standard InChI is InChI=1S/C26H31FN6O3/c1-25-8-9-26(2,32-25)22(27)18(12-25)33(3)21-14-28-23(31-30-21)17-7-6-15(10-19(17)34)16-11-20(35-4)24(36-5)29-13-16/h6-7,10-11,13-14,18,22,32,34H,8-9,12H2,1-5H3/t18-,22-,25-,26+/m0/s1. The van der Waals surface area contributed by atoms with E-state index in [0.29, 0.717) is 29.4 Å². The van der Waals surface area contributed by atoms with Crippen molar-refractivity contribution >= 4 is 5.82 Å². The van der Waals surface area contributed by atoms with Crippen LogP contribution in [0.3, 0.4) is 0 Å². The summed E-state index contributed by atoms with van der Waals surface area (Å²) in [7, 11) is 4.90. The van der Waals surface area contributed by atoms with Crippen molar-refractivity contribution in [3.63, 3.8) is 0 Å². The van der Waals surface area contributed by atoms with Crippen molar-refractivity contribution in [2.75, 3.05) is 26.2 Å². The third-order valence-electron chi connectivity index (χ3n) is 7.60. The van der Waals surface area contributed by atoms with Crippen molar-refractivity contribution in [1.29, 1.82) is 0 Å². The van der Waals surface area contributed by atoms with E-state index in [9.17, 15) is 5.11 Å². The minimum Gasteiger partial charge on any atom is -0.507 e. The summed E-state index contributed by atoms with van der Waals surface area (Å²) in [6.45, 7) is 4.11. The molecule has 2 fully saturated rings. The number of nitrogens with zero attached hydrogens (tertiary/aromatic N) is 5. The van der Waals surface area contributed by atoms with Crippen LogP contribution in [0.4, 0.5) is 10.2 Å². The Balaban J connectivity index is 1.37. The number of ether oxygens (including phenoxy) is 2. The Morgan fingerprint density at radius 3 is 2.53 bits per heavy atom. The first-order chi connectivity index (χ1) is 17.2. The molecule has 2 bridgehead atoms. The van der Waals surface area contributed by atoms with Gasteiger partial charge in [0, 0.05) is 29.9 Å². The Bertz CT molecular complexity index is 1280. The zero-order valence-corrected chi connectivity index (χ0v) is 21.1. The number of hydrogen-bond acceptors (Lipinski definition) is 9. The molecule has 4 atom stereocenters. The predicted molar refractivity (Wildman–Crippen MR) is 134 cm³/mol. The van der Waals surface area contributed by atoms with Crippen LogP contribution in [0.5, 0.6) is 17.4 Å². The molecule has 2 aliphatic rings. The van der Waals surface area contributed by atoms with Gasteiger partial charge in [-0.1, -0.05) is 6.07 Å². The Morgan fingerprint density at radius 1 is 1.06 bits per heavy atom. The maximum Gasteiger partial charge on any atom is 0.256 e. The number of nitrogens with one attached hydrogen (secondary N) is 1. The lowest BCUT2D eigenvalue weighted by molar-refractivity contribution is 0.0859. The molecule has 190 valence electrons. The Morgan fingerprint density at radius 2 is 1.86 bits per heavy atom. The van der Waals surface area contributed by atoms with Crippen molar-refractivity contribution in [2.45, 2.75) is 56.4 Å². The smallest absolute Gasteiger partial charge is 0.256 e. The summed E-state index contributed by atoms with van der Waals surface area (Å²) in [6, 6.07) is 6.64. The molecule has 3 aromatic rings. The summed E-state index contributed by atoms with van der Waals surface area (Å²) in [6.07, 6.45) is 4.62. The van der Waals surface area contributed by atoms with Gasteiger partial charge in [-0.3, -0.25) is 0 Å². The van der Waals surface area contributed by atoms with Gasteiger partial charge in [0.1, 0.15) is 11.9 Å². The van der Waals surface area contributed by atoms with E-state index in [0.717, 1.165) is 24.0 Å². The average molecular weight is 495 g/mol. The SMILES string of the molecule is COc1cc(-c2ccc(-c3ncc(N(C)[C@H]4C[C@]5(C)CC[C@@](C)(N5)[C@H]4F)nn3)c(O)c2)cnc1OC. The second-order valence-corrected chi connectivity index (χ2v) is 10.2. The average Bonchev–Trinajstić information content (AvgIpc) is 3.17. The normalized spacial score (nSPS) is 27.1. The van der Waals surface area contributed by atoms with Gasteiger partial charge in [0.05, 0.1) is 32.0 Å². The molecule has 0 saturated carbocycles. The minimum atomic E-state index is -1.04. The van der Waals surface area contributed by atoms with E-state index >= 15 is 4.39 Å². The second kappa shape index (κ2) is 8.85. The van der Waals surface area contributed by atoms with Crippen molar-refractivity contribution in [3.05, 3.63) is 36.7 Å². The van der Waals surface area contributed by atoms with Crippen molar-refractivity contribution in [2.24, 2.45) is 0 Å². The molecule has 0 amide bonds. The van der Waals surface area contributed by atoms with E-state index in [2.05, 4.69) is 32.4 Å². The number of phenolic OH excluding ortho intramolecular Hbond substituents is 1. The molecule has 9 nitrogen and oxygen atoms in total. The van der Waals surface area contributed by atoms with Crippen LogP contribution in [0.1, 0.15) is 33.1 Å². The molecule has 2 aromatic heterocycles. The first-order valence-corrected chi connectivity index (χ1v) is 11.9. The van der Waals surface area contributed by atoms with Crippen LogP contribution in [0.2, 0.25) is 0 Å². The van der Waals surface area contributed by atoms with Crippen LogP contribution in [0.25, 0.3) is 22.5 Å². The molecule has 0 spiro atoms. The predicted octanol–water partition coefficient (Wildman–Crippen LogP) is 3.77. The summed E-state index contributed by atoms with van der Waals surface area (Å²) in [5.74, 6) is 1.65. The van der Waals surface area contributed by atoms with Gasteiger partial charge >= 0.3 is 0 Å². The number of methoxy groups -OCH3 is 2. The quantitative estimate of drug-likeness (QED) is 0.530. The molecule has 5 rings (SSSR count). The Labute approximate surface area is 209 Å². The lowest BCUT2D eigenvalue weighted by Crippen LogP contribution is -2.65. The summed E-state index contributed by atoms with van der Waals surface area (Å²) in [4.78, 5) is 10.5. The number of aromatic hydroxyl groups is 1. The molecule has 36 heavy (non-hydrogen) atoms. The number of phenols is 1. The molecule has 2 aliphatic heterocycles. The molecule has 0 aliphatic carbocycles. The van der Waals surface area contributed by atoms with E-state index in [1.807, 2.05) is 24.9 Å². The number of hydrogen-bond donors (Lipinski definition) is 2. The third-order valence-corrected chi connectivity index (χ3v) is 7.60. The fourth-order valence-electron chi connectivity index (χ4n) is 5.55. The maximum atomic E-state index is 15.5. The van der Waals surface area contributed by atoms with Gasteiger partial charge in [0.25, 0.3) is 5.88 Å². The van der Waals surface area contributed by atoms with E-state index in [1.54, 1.807) is 37.7 Å². The molecular weight excluding hydrogens is 463 g/mol. The molecule has 4 heterocycles. The van der Waals surface area contributed by atoms with Gasteiger partial charge in [0.2, 0.25) is 0 Å². The van der Waals surface area contributed by atoms with Gasteiger partial charge in [0.15, 0.2) is 17.4 Å². The number of alkyl halides is 1. The summed E-state index contributed by atoms with van der Waals surface area (Å²) in [5.41, 5.74) is 1.31. The zero-order valence-electron chi connectivity index (χ0n) is 21.1. The number of benzene rings is 1. The van der Waals surface area contributed by atoms with Crippen LogP contribution in [-0.2, 0) is 0 Å². The number of halogens is 1. The number of aromatic nitrogens is 4. The lowest BCUT2D eigenvalue weighted by atomic mass is 9.82. The van der Waals surface area contributed by atoms with E-state index < -0.39 is 11.7 Å². The maximum absolute atomic E-state index is 15.5. The minimum absolute atomic E-state index is 0.00444. The molecule has 10 heteroatoms. The van der Waals surface area contributed by atoms with Gasteiger partial charge < -0.3 is 24.8 Å². The van der Waals surface area contributed by atoms with Gasteiger partial charge in [-0.05, 0) is 56.9 Å². The second-order valence-electron chi connectivity index (χ2n) is 10.2. The van der Waals surface area contributed by atoms with Crippen molar-refractivity contribution in [3.8, 4) is 39.9 Å². The molecule has 1 aromatic carbocycles. The summed E-state index contributed by atoms with van der Waals surface area (Å²) < 4.78 is 26.0. The molecule has 0 unspecified atom stereocenters. The van der Waals surface area contributed by atoms with Crippen LogP contribution in [0.15, 0.2) is 36.7 Å². The lowest BCUT2D eigenvalue weighted by Gasteiger charge is -2.47. The number of pyridine rings is 1. The first-order valence-electron chi connectivity index (χ1n) is 11.9. The molecule has 2 saturated heterocycles. The van der Waals surface area contributed by atoms with E-state index in [4.69, 9.17) is 9.47 Å². The zero-order chi connectivity index (χ0) is 25.7. The number of piperidine rings is 1. The van der Waals surface area contributed by atoms with E-state index in [-0.39, 0.29) is 23.2 Å². The Hall–Kier alpha value is -3.53. The highest BCUT2D eigenvalue weighted by atomic mass is 19.1.